The minimum atomic E-state index is -0.664. The largest absolute Gasteiger partial charge is 0.506 e. The van der Waals surface area contributed by atoms with Crippen molar-refractivity contribution in [2.75, 3.05) is 22.6 Å². The fourth-order valence-electron chi connectivity index (χ4n) is 3.23. The van der Waals surface area contributed by atoms with Crippen molar-refractivity contribution in [2.24, 2.45) is 0 Å². The van der Waals surface area contributed by atoms with Crippen molar-refractivity contribution in [1.82, 2.24) is 0 Å². The third-order valence-corrected chi connectivity index (χ3v) is 5.25. The number of phenolic OH excluding ortho intramolecular Hbond substituents is 1. The number of amides is 3. The number of halogens is 1. The number of aromatic hydroxyl groups is 1. The molecule has 0 saturated heterocycles. The maximum absolute atomic E-state index is 12.9. The summed E-state index contributed by atoms with van der Waals surface area (Å²) in [6.45, 7) is 0. The number of hydrogen-bond acceptors (Lipinski definition) is 6. The Morgan fingerprint density at radius 2 is 1.70 bits per heavy atom. The molecule has 1 heterocycles. The second-order valence-electron chi connectivity index (χ2n) is 7.01. The molecule has 0 unspecified atom stereocenters. The molecule has 166 valence electrons. The molecule has 0 aliphatic carbocycles. The summed E-state index contributed by atoms with van der Waals surface area (Å²) < 4.78 is 5.10. The smallest absolute Gasteiger partial charge is 0.283 e. The lowest BCUT2D eigenvalue weighted by Gasteiger charge is -2.15. The van der Waals surface area contributed by atoms with Crippen LogP contribution in [0.4, 0.5) is 17.1 Å². The summed E-state index contributed by atoms with van der Waals surface area (Å²) in [4.78, 5) is 39.1. The van der Waals surface area contributed by atoms with Gasteiger partial charge >= 0.3 is 0 Å². The Morgan fingerprint density at radius 1 is 0.970 bits per heavy atom. The summed E-state index contributed by atoms with van der Waals surface area (Å²) in [5, 5.41) is 15.0. The zero-order valence-corrected chi connectivity index (χ0v) is 18.1. The van der Waals surface area contributed by atoms with Crippen molar-refractivity contribution in [3.05, 3.63) is 89.1 Å². The van der Waals surface area contributed by atoms with Crippen molar-refractivity contribution in [3.8, 4) is 11.5 Å². The van der Waals surface area contributed by atoms with Gasteiger partial charge in [0.15, 0.2) is 0 Å². The number of carbonyl (C=O) groups excluding carboxylic acids is 3. The number of anilines is 3. The Balaban J connectivity index is 1.54. The molecule has 0 atom stereocenters. The molecule has 1 aliphatic rings. The zero-order valence-electron chi connectivity index (χ0n) is 17.3. The fourth-order valence-corrected chi connectivity index (χ4v) is 3.45. The minimum absolute atomic E-state index is 0.0641. The van der Waals surface area contributed by atoms with Crippen molar-refractivity contribution < 1.29 is 24.2 Å². The summed E-state index contributed by atoms with van der Waals surface area (Å²) in [5.41, 5.74) is 1.15. The third-order valence-electron chi connectivity index (χ3n) is 4.90. The van der Waals surface area contributed by atoms with Crippen molar-refractivity contribution in [3.63, 3.8) is 0 Å². The summed E-state index contributed by atoms with van der Waals surface area (Å²) in [5.74, 6) is -1.24. The Labute approximate surface area is 194 Å². The van der Waals surface area contributed by atoms with Gasteiger partial charge in [-0.05, 0) is 54.6 Å². The van der Waals surface area contributed by atoms with E-state index in [1.165, 1.54) is 19.2 Å². The van der Waals surface area contributed by atoms with Gasteiger partial charge in [0.2, 0.25) is 0 Å². The number of nitrogens with one attached hydrogen (secondary N) is 2. The first-order valence-electron chi connectivity index (χ1n) is 9.78. The molecule has 3 amide bonds. The highest BCUT2D eigenvalue weighted by Gasteiger charge is 2.39. The first-order valence-corrected chi connectivity index (χ1v) is 10.2. The van der Waals surface area contributed by atoms with Crippen molar-refractivity contribution in [2.45, 2.75) is 0 Å². The van der Waals surface area contributed by atoms with Gasteiger partial charge in [0, 0.05) is 11.3 Å². The number of ether oxygens (including phenoxy) is 1. The van der Waals surface area contributed by atoms with Crippen molar-refractivity contribution >= 4 is 46.4 Å². The van der Waals surface area contributed by atoms with Crippen LogP contribution >= 0.6 is 11.6 Å². The molecule has 4 rings (SSSR count). The lowest BCUT2D eigenvalue weighted by atomic mass is 10.1. The number of nitrogens with zero attached hydrogens (tertiary/aromatic N) is 1. The van der Waals surface area contributed by atoms with E-state index in [1.807, 2.05) is 0 Å². The number of benzene rings is 3. The Kier molecular flexibility index (Phi) is 6.01. The van der Waals surface area contributed by atoms with Gasteiger partial charge in [-0.15, -0.1) is 0 Å². The normalized spacial score (nSPS) is 13.3. The maximum atomic E-state index is 12.9. The van der Waals surface area contributed by atoms with E-state index in [4.69, 9.17) is 16.3 Å². The Morgan fingerprint density at radius 3 is 2.39 bits per heavy atom. The van der Waals surface area contributed by atoms with E-state index in [0.29, 0.717) is 17.1 Å². The number of phenols is 1. The number of imide groups is 1. The summed E-state index contributed by atoms with van der Waals surface area (Å²) in [6, 6.07) is 19.1. The molecule has 0 radical (unpaired) electrons. The van der Waals surface area contributed by atoms with Gasteiger partial charge in [-0.25, -0.2) is 4.90 Å². The molecular weight excluding hydrogens is 446 g/mol. The lowest BCUT2D eigenvalue weighted by Crippen LogP contribution is -2.32. The molecule has 8 nitrogen and oxygen atoms in total. The molecule has 0 bridgehead atoms. The summed E-state index contributed by atoms with van der Waals surface area (Å²) in [7, 11) is 1.51. The first kappa shape index (κ1) is 21.9. The lowest BCUT2D eigenvalue weighted by molar-refractivity contribution is -0.120. The number of methoxy groups -OCH3 is 1. The van der Waals surface area contributed by atoms with Crippen LogP contribution in [0.2, 0.25) is 0 Å². The molecule has 3 aromatic rings. The average Bonchev–Trinajstić information content (AvgIpc) is 3.04. The molecule has 0 fully saturated rings. The highest BCUT2D eigenvalue weighted by Crippen LogP contribution is 2.31. The number of rotatable bonds is 6. The van der Waals surface area contributed by atoms with Crippen LogP contribution in [-0.2, 0) is 9.59 Å². The van der Waals surface area contributed by atoms with Crippen LogP contribution in [0.5, 0.6) is 11.5 Å². The van der Waals surface area contributed by atoms with Crippen molar-refractivity contribution in [1.29, 1.82) is 0 Å². The van der Waals surface area contributed by atoms with Gasteiger partial charge in [0.25, 0.3) is 17.7 Å². The van der Waals surface area contributed by atoms with Gasteiger partial charge in [-0.3, -0.25) is 14.4 Å². The zero-order chi connectivity index (χ0) is 23.5. The Bertz CT molecular complexity index is 1290. The highest BCUT2D eigenvalue weighted by atomic mass is 35.5. The van der Waals surface area contributed by atoms with E-state index < -0.39 is 17.7 Å². The molecule has 33 heavy (non-hydrogen) atoms. The maximum Gasteiger partial charge on any atom is 0.283 e. The second kappa shape index (κ2) is 9.05. The van der Waals surface area contributed by atoms with Crippen LogP contribution in [0.25, 0.3) is 0 Å². The van der Waals surface area contributed by atoms with Gasteiger partial charge in [0.05, 0.1) is 18.5 Å². The predicted molar refractivity (Wildman–Crippen MR) is 124 cm³/mol. The second-order valence-corrected chi connectivity index (χ2v) is 7.39. The summed E-state index contributed by atoms with van der Waals surface area (Å²) in [6.07, 6.45) is 0. The van der Waals surface area contributed by atoms with Gasteiger partial charge < -0.3 is 20.5 Å². The van der Waals surface area contributed by atoms with Crippen LogP contribution in [0.3, 0.4) is 0 Å². The average molecular weight is 464 g/mol. The van der Waals surface area contributed by atoms with E-state index in [9.17, 15) is 19.5 Å². The first-order chi connectivity index (χ1) is 15.9. The molecule has 1 aliphatic heterocycles. The number of carbonyl (C=O) groups is 3. The molecule has 3 N–H and O–H groups in total. The molecule has 0 spiro atoms. The standard InChI is InChI=1S/C24H18ClN3O5/c1-33-17-11-9-16(10-12-17)28-23(31)20(25)21(24(28)32)26-15-6-4-5-14(13-15)22(30)27-18-7-2-3-8-19(18)29/h2-13,26,29H,1H3,(H,27,30). The molecule has 9 heteroatoms. The number of para-hydroxylation sites is 2. The predicted octanol–water partition coefficient (Wildman–Crippen LogP) is 4.09. The van der Waals surface area contributed by atoms with Crippen LogP contribution in [-0.4, -0.2) is 29.9 Å². The topological polar surface area (TPSA) is 108 Å². The number of hydrogen-bond donors (Lipinski definition) is 3. The van der Waals surface area contributed by atoms with E-state index >= 15 is 0 Å². The Hall–Kier alpha value is -4.30. The fraction of sp³-hybridized carbons (Fsp3) is 0.0417. The monoisotopic (exact) mass is 463 g/mol. The van der Waals surface area contributed by atoms with Gasteiger partial charge in [-0.2, -0.15) is 0 Å². The van der Waals surface area contributed by atoms with Gasteiger partial charge in [0.1, 0.15) is 22.2 Å². The molecule has 0 saturated carbocycles. The minimum Gasteiger partial charge on any atom is -0.506 e. The summed E-state index contributed by atoms with van der Waals surface area (Å²) >= 11 is 6.18. The molecule has 3 aromatic carbocycles. The highest BCUT2D eigenvalue weighted by molar-refractivity contribution is 6.53. The van der Waals surface area contributed by atoms with Gasteiger partial charge in [-0.1, -0.05) is 29.8 Å². The van der Waals surface area contributed by atoms with Crippen LogP contribution in [0.1, 0.15) is 10.4 Å². The molecular formula is C24H18ClN3O5. The third kappa shape index (κ3) is 4.37. The van der Waals surface area contributed by atoms with Crippen LogP contribution < -0.4 is 20.3 Å². The van der Waals surface area contributed by atoms with Crippen LogP contribution in [0, 0.1) is 0 Å². The molecule has 0 aromatic heterocycles. The SMILES string of the molecule is COc1ccc(N2C(=O)C(Cl)=C(Nc3cccc(C(=O)Nc4ccccc4O)c3)C2=O)cc1. The van der Waals surface area contributed by atoms with Crippen LogP contribution in [0.15, 0.2) is 83.5 Å². The van der Waals surface area contributed by atoms with E-state index in [0.717, 1.165) is 4.90 Å². The quantitative estimate of drug-likeness (QED) is 0.375. The van der Waals surface area contributed by atoms with E-state index in [1.54, 1.807) is 60.7 Å². The van der Waals surface area contributed by atoms with E-state index in [2.05, 4.69) is 10.6 Å². The van der Waals surface area contributed by atoms with E-state index in [-0.39, 0.29) is 27.7 Å².